The highest BCUT2D eigenvalue weighted by atomic mass is 35.5. The quantitative estimate of drug-likeness (QED) is 0.210. The number of aromatic nitrogens is 3. The topological polar surface area (TPSA) is 117 Å². The molecule has 0 aliphatic carbocycles. The Hall–Kier alpha value is -4.37. The third kappa shape index (κ3) is 6.08. The van der Waals surface area contributed by atoms with Crippen LogP contribution in [0.5, 0.6) is 11.5 Å². The molecule has 4 aromatic rings. The molecule has 0 radical (unpaired) electrons. The summed E-state index contributed by atoms with van der Waals surface area (Å²) in [5, 5.41) is 20.8. The molecule has 0 aliphatic rings. The van der Waals surface area contributed by atoms with E-state index in [1.165, 1.54) is 12.3 Å². The van der Waals surface area contributed by atoms with Gasteiger partial charge in [0.05, 0.1) is 13.3 Å². The van der Waals surface area contributed by atoms with E-state index in [9.17, 15) is 5.11 Å². The second-order valence-corrected chi connectivity index (χ2v) is 7.16. The van der Waals surface area contributed by atoms with Crippen LogP contribution in [-0.4, -0.2) is 33.4 Å². The molecular weight excluding hydrogens is 442 g/mol. The molecule has 166 valence electrons. The van der Waals surface area contributed by atoms with Crippen molar-refractivity contribution in [3.05, 3.63) is 83.4 Å². The molecule has 10 heteroatoms. The first-order valence-corrected chi connectivity index (χ1v) is 10.2. The van der Waals surface area contributed by atoms with E-state index in [0.717, 1.165) is 17.1 Å². The van der Waals surface area contributed by atoms with Gasteiger partial charge in [0, 0.05) is 22.0 Å². The number of para-hydroxylation sites is 1. The fraction of sp³-hybridized carbons (Fsp3) is 0.0435. The normalized spacial score (nSPS) is 10.7. The largest absolute Gasteiger partial charge is 0.507 e. The van der Waals surface area contributed by atoms with Crippen molar-refractivity contribution in [2.75, 3.05) is 23.2 Å². The van der Waals surface area contributed by atoms with Crippen LogP contribution >= 0.6 is 11.6 Å². The van der Waals surface area contributed by atoms with Gasteiger partial charge in [-0.25, -0.2) is 5.43 Å². The van der Waals surface area contributed by atoms with Gasteiger partial charge in [0.15, 0.2) is 0 Å². The lowest BCUT2D eigenvalue weighted by molar-refractivity contribution is 0.415. The van der Waals surface area contributed by atoms with Gasteiger partial charge in [-0.1, -0.05) is 29.8 Å². The Morgan fingerprint density at radius 2 is 1.48 bits per heavy atom. The van der Waals surface area contributed by atoms with Crippen LogP contribution in [0, 0.1) is 0 Å². The van der Waals surface area contributed by atoms with Crippen LogP contribution in [0.1, 0.15) is 5.56 Å². The number of nitrogens with one attached hydrogen (secondary N) is 3. The summed E-state index contributed by atoms with van der Waals surface area (Å²) in [5.41, 5.74) is 4.80. The molecule has 0 amide bonds. The number of nitrogens with zero attached hydrogens (tertiary/aromatic N) is 4. The van der Waals surface area contributed by atoms with Crippen LogP contribution in [0.2, 0.25) is 5.02 Å². The SMILES string of the molecule is COc1ccc(Nc2nc(NN=Cc3cc(Cl)ccc3O)nc(Nc3ccccc3)n2)cc1. The number of hydrazone groups is 1. The Morgan fingerprint density at radius 1 is 0.848 bits per heavy atom. The number of rotatable bonds is 8. The average molecular weight is 462 g/mol. The minimum absolute atomic E-state index is 0.0499. The number of benzene rings is 3. The Morgan fingerprint density at radius 3 is 2.15 bits per heavy atom. The van der Waals surface area contributed by atoms with Crippen LogP contribution < -0.4 is 20.8 Å². The number of anilines is 5. The summed E-state index contributed by atoms with van der Waals surface area (Å²) in [4.78, 5) is 13.2. The predicted octanol–water partition coefficient (Wildman–Crippen LogP) is 5.17. The second kappa shape index (κ2) is 10.3. The number of phenols is 1. The average Bonchev–Trinajstić information content (AvgIpc) is 2.82. The van der Waals surface area contributed by atoms with Gasteiger partial charge in [0.2, 0.25) is 17.8 Å². The lowest BCUT2D eigenvalue weighted by atomic mass is 10.2. The number of hydrogen-bond donors (Lipinski definition) is 4. The molecule has 0 fully saturated rings. The van der Waals surface area contributed by atoms with Crippen LogP contribution in [0.25, 0.3) is 0 Å². The van der Waals surface area contributed by atoms with E-state index in [2.05, 4.69) is 36.1 Å². The van der Waals surface area contributed by atoms with Gasteiger partial charge in [-0.05, 0) is 54.6 Å². The summed E-state index contributed by atoms with van der Waals surface area (Å²) in [7, 11) is 1.61. The lowest BCUT2D eigenvalue weighted by Crippen LogP contribution is -2.07. The predicted molar refractivity (Wildman–Crippen MR) is 130 cm³/mol. The lowest BCUT2D eigenvalue weighted by Gasteiger charge is -2.10. The van der Waals surface area contributed by atoms with Crippen molar-refractivity contribution >= 4 is 47.0 Å². The van der Waals surface area contributed by atoms with Gasteiger partial charge >= 0.3 is 0 Å². The highest BCUT2D eigenvalue weighted by molar-refractivity contribution is 6.30. The third-order valence-electron chi connectivity index (χ3n) is 4.37. The molecule has 0 saturated carbocycles. The minimum Gasteiger partial charge on any atom is -0.507 e. The summed E-state index contributed by atoms with van der Waals surface area (Å²) in [6.45, 7) is 0. The zero-order valence-electron chi connectivity index (χ0n) is 17.5. The van der Waals surface area contributed by atoms with Crippen LogP contribution in [0.4, 0.5) is 29.2 Å². The molecule has 9 nitrogen and oxygen atoms in total. The monoisotopic (exact) mass is 461 g/mol. The molecule has 4 N–H and O–H groups in total. The standard InChI is InChI=1S/C23H20ClN7O2/c1-33-19-10-8-18(9-11-19)27-22-28-21(26-17-5-3-2-4-6-17)29-23(30-22)31-25-14-15-13-16(24)7-12-20(15)32/h2-14,32H,1H3,(H3,26,27,28,29,30,31). The first-order chi connectivity index (χ1) is 16.1. The number of halogens is 1. The fourth-order valence-electron chi connectivity index (χ4n) is 2.78. The Kier molecular flexibility index (Phi) is 6.81. The molecule has 0 unspecified atom stereocenters. The number of phenolic OH excluding ortho intramolecular Hbond substituents is 1. The molecule has 33 heavy (non-hydrogen) atoms. The van der Waals surface area contributed by atoms with E-state index in [-0.39, 0.29) is 11.7 Å². The van der Waals surface area contributed by atoms with E-state index in [1.54, 1.807) is 19.2 Å². The van der Waals surface area contributed by atoms with E-state index < -0.39 is 0 Å². The van der Waals surface area contributed by atoms with E-state index in [1.807, 2.05) is 54.6 Å². The minimum atomic E-state index is 0.0499. The smallest absolute Gasteiger partial charge is 0.250 e. The van der Waals surface area contributed by atoms with Gasteiger partial charge in [-0.2, -0.15) is 20.1 Å². The summed E-state index contributed by atoms with van der Waals surface area (Å²) in [5.74, 6) is 1.60. The van der Waals surface area contributed by atoms with Gasteiger partial charge in [0.1, 0.15) is 11.5 Å². The van der Waals surface area contributed by atoms with Crippen LogP contribution in [0.15, 0.2) is 77.9 Å². The molecule has 4 rings (SSSR count). The van der Waals surface area contributed by atoms with Crippen molar-refractivity contribution in [2.24, 2.45) is 5.10 Å². The molecular formula is C23H20ClN7O2. The fourth-order valence-corrected chi connectivity index (χ4v) is 2.96. The summed E-state index contributed by atoms with van der Waals surface area (Å²) in [6.07, 6.45) is 1.42. The van der Waals surface area contributed by atoms with Crippen molar-refractivity contribution in [1.29, 1.82) is 0 Å². The third-order valence-corrected chi connectivity index (χ3v) is 4.60. The first-order valence-electron chi connectivity index (χ1n) is 9.86. The molecule has 0 aliphatic heterocycles. The van der Waals surface area contributed by atoms with E-state index >= 15 is 0 Å². The number of methoxy groups -OCH3 is 1. The van der Waals surface area contributed by atoms with Gasteiger partial charge < -0.3 is 20.5 Å². The first kappa shape index (κ1) is 21.8. The zero-order chi connectivity index (χ0) is 23.0. The molecule has 0 atom stereocenters. The van der Waals surface area contributed by atoms with Crippen LogP contribution in [-0.2, 0) is 0 Å². The van der Waals surface area contributed by atoms with Crippen LogP contribution in [0.3, 0.4) is 0 Å². The second-order valence-electron chi connectivity index (χ2n) is 6.72. The van der Waals surface area contributed by atoms with Crippen molar-refractivity contribution < 1.29 is 9.84 Å². The Balaban J connectivity index is 1.58. The zero-order valence-corrected chi connectivity index (χ0v) is 18.3. The highest BCUT2D eigenvalue weighted by Crippen LogP contribution is 2.22. The molecule has 1 heterocycles. The van der Waals surface area contributed by atoms with E-state index in [0.29, 0.717) is 22.5 Å². The maximum atomic E-state index is 9.94. The van der Waals surface area contributed by atoms with Crippen molar-refractivity contribution in [3.63, 3.8) is 0 Å². The molecule has 0 saturated heterocycles. The van der Waals surface area contributed by atoms with Crippen molar-refractivity contribution in [3.8, 4) is 11.5 Å². The number of ether oxygens (including phenoxy) is 1. The Labute approximate surface area is 195 Å². The summed E-state index contributed by atoms with van der Waals surface area (Å²) < 4.78 is 5.19. The Bertz CT molecular complexity index is 1250. The maximum Gasteiger partial charge on any atom is 0.250 e. The van der Waals surface area contributed by atoms with Gasteiger partial charge in [0.25, 0.3) is 0 Å². The van der Waals surface area contributed by atoms with Gasteiger partial charge in [-0.3, -0.25) is 0 Å². The molecule has 0 spiro atoms. The summed E-state index contributed by atoms with van der Waals surface area (Å²) in [6, 6.07) is 21.5. The number of aromatic hydroxyl groups is 1. The number of hydrogen-bond acceptors (Lipinski definition) is 9. The van der Waals surface area contributed by atoms with Gasteiger partial charge in [-0.15, -0.1) is 0 Å². The van der Waals surface area contributed by atoms with Crippen molar-refractivity contribution in [2.45, 2.75) is 0 Å². The molecule has 3 aromatic carbocycles. The summed E-state index contributed by atoms with van der Waals surface area (Å²) >= 11 is 5.98. The molecule has 1 aromatic heterocycles. The van der Waals surface area contributed by atoms with E-state index in [4.69, 9.17) is 16.3 Å². The highest BCUT2D eigenvalue weighted by Gasteiger charge is 2.08. The van der Waals surface area contributed by atoms with Crippen molar-refractivity contribution in [1.82, 2.24) is 15.0 Å². The maximum absolute atomic E-state index is 9.94. The molecule has 0 bridgehead atoms.